The summed E-state index contributed by atoms with van der Waals surface area (Å²) in [6.07, 6.45) is 9.49. The number of aromatic nitrogens is 2. The van der Waals surface area contributed by atoms with Crippen molar-refractivity contribution in [1.82, 2.24) is 20.4 Å². The molecule has 1 amide bonds. The van der Waals surface area contributed by atoms with Gasteiger partial charge in [-0.2, -0.15) is 5.10 Å². The topological polar surface area (TPSA) is 59.0 Å². The highest BCUT2D eigenvalue weighted by molar-refractivity contribution is 5.76. The summed E-state index contributed by atoms with van der Waals surface area (Å²) in [6, 6.07) is 1.47. The highest BCUT2D eigenvalue weighted by Gasteiger charge is 2.33. The van der Waals surface area contributed by atoms with Gasteiger partial charge in [0, 0.05) is 36.8 Å². The maximum atomic E-state index is 12.3. The number of hydrogen-bond donors (Lipinski definition) is 2. The summed E-state index contributed by atoms with van der Waals surface area (Å²) in [6.45, 7) is 6.85. The minimum absolute atomic E-state index is 0.153. The Morgan fingerprint density at radius 1 is 1.08 bits per heavy atom. The van der Waals surface area contributed by atoms with Crippen LogP contribution in [0.2, 0.25) is 0 Å². The van der Waals surface area contributed by atoms with E-state index >= 15 is 0 Å². The number of amides is 1. The fourth-order valence-corrected chi connectivity index (χ4v) is 3.93. The Bertz CT molecular complexity index is 574. The minimum atomic E-state index is 0.153. The predicted molar refractivity (Wildman–Crippen MR) is 96.0 cm³/mol. The molecule has 1 heterocycles. The third-order valence-electron chi connectivity index (χ3n) is 5.97. The summed E-state index contributed by atoms with van der Waals surface area (Å²) in [5.74, 6) is 0.153. The molecule has 0 unspecified atom stereocenters. The standard InChI is InChI=1S/C19H32N4O/c1-13-14(2)22-23(15(13)3)12-11-19(24)21-18-10-9-17(18)20-16-7-5-4-6-8-16/h16-18,20H,4-12H2,1-3H3,(H,21,24)/t17-,18+/m0/s1. The maximum Gasteiger partial charge on any atom is 0.222 e. The lowest BCUT2D eigenvalue weighted by Crippen LogP contribution is -2.59. The summed E-state index contributed by atoms with van der Waals surface area (Å²) < 4.78 is 1.96. The number of carbonyl (C=O) groups excluding carboxylic acids is 1. The van der Waals surface area contributed by atoms with Crippen LogP contribution < -0.4 is 10.6 Å². The molecule has 0 bridgehead atoms. The molecule has 2 atom stereocenters. The van der Waals surface area contributed by atoms with Gasteiger partial charge >= 0.3 is 0 Å². The van der Waals surface area contributed by atoms with E-state index in [1.165, 1.54) is 49.8 Å². The molecule has 24 heavy (non-hydrogen) atoms. The van der Waals surface area contributed by atoms with E-state index in [-0.39, 0.29) is 5.91 Å². The van der Waals surface area contributed by atoms with E-state index in [0.717, 1.165) is 12.1 Å². The van der Waals surface area contributed by atoms with Gasteiger partial charge in [-0.15, -0.1) is 0 Å². The Labute approximate surface area is 145 Å². The Balaban J connectivity index is 1.42. The lowest BCUT2D eigenvalue weighted by molar-refractivity contribution is -0.123. The summed E-state index contributed by atoms with van der Waals surface area (Å²) in [5, 5.41) is 11.5. The van der Waals surface area contributed by atoms with E-state index in [9.17, 15) is 4.79 Å². The Hall–Kier alpha value is -1.36. The van der Waals surface area contributed by atoms with Gasteiger partial charge < -0.3 is 10.6 Å². The largest absolute Gasteiger partial charge is 0.352 e. The van der Waals surface area contributed by atoms with E-state index < -0.39 is 0 Å². The minimum Gasteiger partial charge on any atom is -0.352 e. The summed E-state index contributed by atoms with van der Waals surface area (Å²) >= 11 is 0. The number of nitrogens with zero attached hydrogens (tertiary/aromatic N) is 2. The molecule has 5 heteroatoms. The lowest BCUT2D eigenvalue weighted by atomic mass is 9.84. The zero-order valence-corrected chi connectivity index (χ0v) is 15.4. The number of aryl methyl sites for hydroxylation is 2. The molecule has 134 valence electrons. The van der Waals surface area contributed by atoms with Crippen molar-refractivity contribution in [2.75, 3.05) is 0 Å². The van der Waals surface area contributed by atoms with E-state index in [0.29, 0.717) is 31.1 Å². The molecule has 0 spiro atoms. The van der Waals surface area contributed by atoms with Gasteiger partial charge in [-0.1, -0.05) is 19.3 Å². The lowest BCUT2D eigenvalue weighted by Gasteiger charge is -2.41. The van der Waals surface area contributed by atoms with Crippen LogP contribution in [0.3, 0.4) is 0 Å². The number of carbonyl (C=O) groups is 1. The van der Waals surface area contributed by atoms with Crippen LogP contribution in [0.25, 0.3) is 0 Å². The van der Waals surface area contributed by atoms with Gasteiger partial charge in [0.15, 0.2) is 0 Å². The fourth-order valence-electron chi connectivity index (χ4n) is 3.93. The van der Waals surface area contributed by atoms with Gasteiger partial charge in [-0.25, -0.2) is 0 Å². The predicted octanol–water partition coefficient (Wildman–Crippen LogP) is 2.77. The first kappa shape index (κ1) is 17.5. The van der Waals surface area contributed by atoms with Gasteiger partial charge in [0.2, 0.25) is 5.91 Å². The molecule has 0 aromatic carbocycles. The summed E-state index contributed by atoms with van der Waals surface area (Å²) in [5.41, 5.74) is 3.45. The first-order valence-corrected chi connectivity index (χ1v) is 9.60. The van der Waals surface area contributed by atoms with Crippen LogP contribution in [0, 0.1) is 20.8 Å². The molecule has 2 N–H and O–H groups in total. The van der Waals surface area contributed by atoms with Crippen LogP contribution >= 0.6 is 0 Å². The molecule has 1 aromatic rings. The van der Waals surface area contributed by atoms with Gasteiger partial charge in [-0.05, 0) is 52.0 Å². The summed E-state index contributed by atoms with van der Waals surface area (Å²) in [4.78, 5) is 12.3. The van der Waals surface area contributed by atoms with E-state index in [4.69, 9.17) is 0 Å². The van der Waals surface area contributed by atoms with Gasteiger partial charge in [-0.3, -0.25) is 9.48 Å². The second-order valence-electron chi connectivity index (χ2n) is 7.63. The molecule has 2 fully saturated rings. The average molecular weight is 332 g/mol. The molecular weight excluding hydrogens is 300 g/mol. The molecule has 5 nitrogen and oxygen atoms in total. The van der Waals surface area contributed by atoms with Crippen molar-refractivity contribution in [1.29, 1.82) is 0 Å². The molecule has 3 rings (SSSR count). The van der Waals surface area contributed by atoms with Gasteiger partial charge in [0.25, 0.3) is 0 Å². The fraction of sp³-hybridized carbons (Fsp3) is 0.789. The van der Waals surface area contributed by atoms with E-state index in [1.807, 2.05) is 11.6 Å². The van der Waals surface area contributed by atoms with Crippen molar-refractivity contribution in [2.45, 2.75) is 96.8 Å². The summed E-state index contributed by atoms with van der Waals surface area (Å²) in [7, 11) is 0. The van der Waals surface area contributed by atoms with Crippen molar-refractivity contribution in [3.63, 3.8) is 0 Å². The van der Waals surface area contributed by atoms with Crippen LogP contribution in [0.1, 0.15) is 68.3 Å². The van der Waals surface area contributed by atoms with Crippen molar-refractivity contribution in [3.8, 4) is 0 Å². The first-order valence-electron chi connectivity index (χ1n) is 9.60. The highest BCUT2D eigenvalue weighted by Crippen LogP contribution is 2.24. The van der Waals surface area contributed by atoms with Crippen molar-refractivity contribution >= 4 is 5.91 Å². The Kier molecular flexibility index (Phi) is 5.59. The van der Waals surface area contributed by atoms with Crippen LogP contribution in [-0.2, 0) is 11.3 Å². The molecule has 2 saturated carbocycles. The molecular formula is C19H32N4O. The number of nitrogens with one attached hydrogen (secondary N) is 2. The van der Waals surface area contributed by atoms with E-state index in [2.05, 4.69) is 29.6 Å². The molecule has 0 aliphatic heterocycles. The maximum absolute atomic E-state index is 12.3. The molecule has 2 aliphatic rings. The molecule has 2 aliphatic carbocycles. The zero-order chi connectivity index (χ0) is 17.1. The van der Waals surface area contributed by atoms with Gasteiger partial charge in [0.05, 0.1) is 5.69 Å². The molecule has 0 saturated heterocycles. The molecule has 0 radical (unpaired) electrons. The monoisotopic (exact) mass is 332 g/mol. The van der Waals surface area contributed by atoms with Crippen LogP contribution in [0.4, 0.5) is 0 Å². The van der Waals surface area contributed by atoms with Crippen LogP contribution in [-0.4, -0.2) is 33.8 Å². The zero-order valence-electron chi connectivity index (χ0n) is 15.4. The molecule has 1 aromatic heterocycles. The second kappa shape index (κ2) is 7.68. The smallest absolute Gasteiger partial charge is 0.222 e. The van der Waals surface area contributed by atoms with E-state index in [1.54, 1.807) is 0 Å². The Morgan fingerprint density at radius 3 is 2.38 bits per heavy atom. The first-order chi connectivity index (χ1) is 11.5. The highest BCUT2D eigenvalue weighted by atomic mass is 16.1. The van der Waals surface area contributed by atoms with Gasteiger partial charge in [0.1, 0.15) is 0 Å². The normalized spacial score (nSPS) is 24.6. The quantitative estimate of drug-likeness (QED) is 0.842. The van der Waals surface area contributed by atoms with Crippen LogP contribution in [0.15, 0.2) is 0 Å². The van der Waals surface area contributed by atoms with Crippen molar-refractivity contribution in [2.24, 2.45) is 0 Å². The third-order valence-corrected chi connectivity index (χ3v) is 5.97. The van der Waals surface area contributed by atoms with Crippen molar-refractivity contribution in [3.05, 3.63) is 17.0 Å². The Morgan fingerprint density at radius 2 is 1.79 bits per heavy atom. The second-order valence-corrected chi connectivity index (χ2v) is 7.63. The average Bonchev–Trinajstić information content (AvgIpc) is 2.82. The van der Waals surface area contributed by atoms with Crippen LogP contribution in [0.5, 0.6) is 0 Å². The third kappa shape index (κ3) is 4.00. The van der Waals surface area contributed by atoms with Crippen molar-refractivity contribution < 1.29 is 4.79 Å². The number of hydrogen-bond acceptors (Lipinski definition) is 3. The number of rotatable bonds is 6. The SMILES string of the molecule is Cc1nn(CCC(=O)N[C@@H]2CC[C@@H]2NC2CCCCC2)c(C)c1C.